The summed E-state index contributed by atoms with van der Waals surface area (Å²) in [6, 6.07) is 10.0. The molecule has 9 heteroatoms. The molecule has 0 aliphatic carbocycles. The standard InChI is InChI=1S/C20H15F4N3O2/c1-19(29,11-27-8-7-14-16(21)3-2-4-17(14)27)18(28)26-13-6-5-12(10-25)15(9-13)20(22,23)24/h2-9,29H,11H2,1H3,(H,26,28). The number of alkyl halides is 3. The van der Waals surface area contributed by atoms with Gasteiger partial charge in [0.2, 0.25) is 0 Å². The minimum atomic E-state index is -4.78. The number of hydrogen-bond donors (Lipinski definition) is 2. The van der Waals surface area contributed by atoms with Crippen molar-refractivity contribution in [1.82, 2.24) is 4.57 Å². The Balaban J connectivity index is 1.84. The molecule has 3 rings (SSSR count). The Labute approximate surface area is 162 Å². The van der Waals surface area contributed by atoms with Crippen molar-refractivity contribution in [2.24, 2.45) is 0 Å². The Kier molecular flexibility index (Phi) is 5.07. The van der Waals surface area contributed by atoms with Gasteiger partial charge in [-0.2, -0.15) is 18.4 Å². The largest absolute Gasteiger partial charge is 0.417 e. The van der Waals surface area contributed by atoms with E-state index in [0.717, 1.165) is 12.1 Å². The molecule has 1 heterocycles. The van der Waals surface area contributed by atoms with Crippen LogP contribution in [0, 0.1) is 17.1 Å². The van der Waals surface area contributed by atoms with Gasteiger partial charge in [-0.15, -0.1) is 0 Å². The molecule has 0 radical (unpaired) electrons. The Bertz CT molecular complexity index is 1130. The predicted molar refractivity (Wildman–Crippen MR) is 97.3 cm³/mol. The second-order valence-corrected chi connectivity index (χ2v) is 6.71. The molecule has 150 valence electrons. The van der Waals surface area contributed by atoms with Crippen LogP contribution in [0.2, 0.25) is 0 Å². The van der Waals surface area contributed by atoms with Crippen LogP contribution in [-0.2, 0) is 17.5 Å². The van der Waals surface area contributed by atoms with Gasteiger partial charge >= 0.3 is 6.18 Å². The van der Waals surface area contributed by atoms with Gasteiger partial charge in [-0.1, -0.05) is 6.07 Å². The van der Waals surface area contributed by atoms with E-state index in [9.17, 15) is 27.5 Å². The first-order chi connectivity index (χ1) is 13.5. The number of rotatable bonds is 4. The lowest BCUT2D eigenvalue weighted by atomic mass is 10.0. The van der Waals surface area contributed by atoms with E-state index in [2.05, 4.69) is 5.32 Å². The summed E-state index contributed by atoms with van der Waals surface area (Å²) in [5.41, 5.74) is -3.54. The molecule has 2 aromatic carbocycles. The molecule has 1 atom stereocenters. The van der Waals surface area contributed by atoms with Crippen LogP contribution in [0.3, 0.4) is 0 Å². The summed E-state index contributed by atoms with van der Waals surface area (Å²) >= 11 is 0. The molecule has 0 saturated carbocycles. The number of carbonyl (C=O) groups is 1. The molecular weight excluding hydrogens is 390 g/mol. The Morgan fingerprint density at radius 3 is 2.62 bits per heavy atom. The van der Waals surface area contributed by atoms with E-state index in [1.807, 2.05) is 0 Å². The maximum atomic E-state index is 13.8. The van der Waals surface area contributed by atoms with E-state index in [-0.39, 0.29) is 12.2 Å². The summed E-state index contributed by atoms with van der Waals surface area (Å²) in [4.78, 5) is 12.5. The van der Waals surface area contributed by atoms with Gasteiger partial charge in [-0.3, -0.25) is 4.79 Å². The van der Waals surface area contributed by atoms with Gasteiger partial charge in [0, 0.05) is 17.3 Å². The van der Waals surface area contributed by atoms with Crippen molar-refractivity contribution < 1.29 is 27.5 Å². The van der Waals surface area contributed by atoms with Gasteiger partial charge < -0.3 is 15.0 Å². The second kappa shape index (κ2) is 7.22. The van der Waals surface area contributed by atoms with E-state index < -0.39 is 34.6 Å². The number of amides is 1. The van der Waals surface area contributed by atoms with Crippen molar-refractivity contribution in [1.29, 1.82) is 5.26 Å². The summed E-state index contributed by atoms with van der Waals surface area (Å²) in [6.07, 6.45) is -3.28. The van der Waals surface area contributed by atoms with Crippen molar-refractivity contribution in [3.05, 3.63) is 65.6 Å². The summed E-state index contributed by atoms with van der Waals surface area (Å²) in [7, 11) is 0. The smallest absolute Gasteiger partial charge is 0.378 e. The fourth-order valence-electron chi connectivity index (χ4n) is 2.95. The molecule has 5 nitrogen and oxygen atoms in total. The third-order valence-electron chi connectivity index (χ3n) is 4.43. The van der Waals surface area contributed by atoms with Crippen LogP contribution in [0.15, 0.2) is 48.7 Å². The van der Waals surface area contributed by atoms with Crippen molar-refractivity contribution in [3.63, 3.8) is 0 Å². The molecule has 1 unspecified atom stereocenters. The molecule has 0 saturated heterocycles. The number of hydrogen-bond acceptors (Lipinski definition) is 3. The van der Waals surface area contributed by atoms with Crippen LogP contribution in [0.25, 0.3) is 10.9 Å². The zero-order valence-corrected chi connectivity index (χ0v) is 15.1. The van der Waals surface area contributed by atoms with E-state index in [0.29, 0.717) is 17.0 Å². The zero-order valence-electron chi connectivity index (χ0n) is 15.1. The van der Waals surface area contributed by atoms with E-state index in [1.54, 1.807) is 6.07 Å². The van der Waals surface area contributed by atoms with E-state index in [4.69, 9.17) is 5.26 Å². The predicted octanol–water partition coefficient (Wildman–Crippen LogP) is 4.06. The minimum Gasteiger partial charge on any atom is -0.378 e. The summed E-state index contributed by atoms with van der Waals surface area (Å²) < 4.78 is 54.5. The molecule has 2 N–H and O–H groups in total. The maximum Gasteiger partial charge on any atom is 0.417 e. The fraction of sp³-hybridized carbons (Fsp3) is 0.200. The second-order valence-electron chi connectivity index (χ2n) is 6.71. The topological polar surface area (TPSA) is 78.1 Å². The van der Waals surface area contributed by atoms with Crippen LogP contribution >= 0.6 is 0 Å². The van der Waals surface area contributed by atoms with Crippen LogP contribution in [0.1, 0.15) is 18.1 Å². The lowest BCUT2D eigenvalue weighted by Gasteiger charge is -2.24. The first-order valence-electron chi connectivity index (χ1n) is 8.41. The number of nitrogens with zero attached hydrogens (tertiary/aromatic N) is 2. The highest BCUT2D eigenvalue weighted by molar-refractivity contribution is 5.97. The Morgan fingerprint density at radius 2 is 1.97 bits per heavy atom. The van der Waals surface area contributed by atoms with Crippen molar-refractivity contribution in [2.75, 3.05) is 5.32 Å². The van der Waals surface area contributed by atoms with Crippen LogP contribution < -0.4 is 5.32 Å². The number of benzene rings is 2. The van der Waals surface area contributed by atoms with Crippen LogP contribution in [-0.4, -0.2) is 21.2 Å². The third kappa shape index (κ3) is 4.07. The number of halogens is 4. The molecule has 0 aliphatic heterocycles. The fourth-order valence-corrected chi connectivity index (χ4v) is 2.95. The van der Waals surface area contributed by atoms with Gasteiger partial charge in [0.25, 0.3) is 5.91 Å². The van der Waals surface area contributed by atoms with Crippen molar-refractivity contribution in [2.45, 2.75) is 25.2 Å². The first kappa shape index (κ1) is 20.4. The molecule has 3 aromatic rings. The highest BCUT2D eigenvalue weighted by Crippen LogP contribution is 2.33. The maximum absolute atomic E-state index is 13.8. The number of nitrogens with one attached hydrogen (secondary N) is 1. The molecule has 1 amide bonds. The van der Waals surface area contributed by atoms with Gasteiger partial charge in [-0.25, -0.2) is 4.39 Å². The van der Waals surface area contributed by atoms with E-state index >= 15 is 0 Å². The zero-order chi connectivity index (χ0) is 21.4. The number of carbonyl (C=O) groups excluding carboxylic acids is 1. The monoisotopic (exact) mass is 405 g/mol. The molecule has 0 aliphatic rings. The SMILES string of the molecule is CC(O)(Cn1ccc2c(F)cccc21)C(=O)Nc1ccc(C#N)c(C(F)(F)F)c1. The number of nitriles is 1. The quantitative estimate of drug-likeness (QED) is 0.643. The average Bonchev–Trinajstić information content (AvgIpc) is 3.04. The Hall–Kier alpha value is -3.38. The first-order valence-corrected chi connectivity index (χ1v) is 8.41. The lowest BCUT2D eigenvalue weighted by molar-refractivity contribution is -0.138. The van der Waals surface area contributed by atoms with Gasteiger partial charge in [0.05, 0.1) is 29.3 Å². The average molecular weight is 405 g/mol. The molecule has 0 fully saturated rings. The third-order valence-corrected chi connectivity index (χ3v) is 4.43. The van der Waals surface area contributed by atoms with Gasteiger partial charge in [0.1, 0.15) is 5.82 Å². The molecular formula is C20H15F4N3O2. The highest BCUT2D eigenvalue weighted by atomic mass is 19.4. The summed E-state index contributed by atoms with van der Waals surface area (Å²) in [5.74, 6) is -1.41. The number of anilines is 1. The van der Waals surface area contributed by atoms with Crippen LogP contribution in [0.5, 0.6) is 0 Å². The number of aliphatic hydroxyl groups is 1. The molecule has 0 bridgehead atoms. The van der Waals surface area contributed by atoms with E-state index in [1.165, 1.54) is 42.0 Å². The Morgan fingerprint density at radius 1 is 1.24 bits per heavy atom. The minimum absolute atomic E-state index is 0.218. The van der Waals surface area contributed by atoms with Crippen molar-refractivity contribution in [3.8, 4) is 6.07 Å². The molecule has 1 aromatic heterocycles. The molecule has 29 heavy (non-hydrogen) atoms. The molecule has 0 spiro atoms. The summed E-state index contributed by atoms with van der Waals surface area (Å²) in [5, 5.41) is 21.9. The van der Waals surface area contributed by atoms with Crippen molar-refractivity contribution >= 4 is 22.5 Å². The summed E-state index contributed by atoms with van der Waals surface area (Å²) in [6.45, 7) is 0.940. The normalized spacial score (nSPS) is 13.7. The van der Waals surface area contributed by atoms with Gasteiger partial charge in [0.15, 0.2) is 5.60 Å². The number of fused-ring (bicyclic) bond motifs is 1. The van der Waals surface area contributed by atoms with Crippen LogP contribution in [0.4, 0.5) is 23.2 Å². The van der Waals surface area contributed by atoms with Gasteiger partial charge in [-0.05, 0) is 43.3 Å². The highest BCUT2D eigenvalue weighted by Gasteiger charge is 2.35. The number of aromatic nitrogens is 1. The lowest BCUT2D eigenvalue weighted by Crippen LogP contribution is -2.43.